The van der Waals surface area contributed by atoms with Gasteiger partial charge < -0.3 is 0 Å². The van der Waals surface area contributed by atoms with Crippen molar-refractivity contribution in [1.29, 1.82) is 0 Å². The van der Waals surface area contributed by atoms with Crippen LogP contribution in [0.5, 0.6) is 0 Å². The van der Waals surface area contributed by atoms with E-state index in [1.54, 1.807) is 0 Å². The van der Waals surface area contributed by atoms with E-state index in [-0.39, 0.29) is 0 Å². The molecular formula is C4H10S2. The van der Waals surface area contributed by atoms with Crippen molar-refractivity contribution in [3.63, 3.8) is 0 Å². The minimum absolute atomic E-state index is 0.494. The molecule has 0 bridgehead atoms. The molecule has 0 rings (SSSR count). The van der Waals surface area contributed by atoms with Gasteiger partial charge in [-0.25, -0.2) is 0 Å². The third-order valence-electron chi connectivity index (χ3n) is 0.682. The molecule has 0 aromatic carbocycles. The summed E-state index contributed by atoms with van der Waals surface area (Å²) >= 11 is 8.17. The van der Waals surface area contributed by atoms with E-state index in [4.69, 9.17) is 0 Å². The van der Waals surface area contributed by atoms with Crippen LogP contribution in [-0.4, -0.2) is 11.0 Å². The summed E-state index contributed by atoms with van der Waals surface area (Å²) in [5.74, 6) is 0.889. The Bertz CT molecular complexity index is 24.7. The Balaban J connectivity index is 2.75. The third kappa shape index (κ3) is 2.91. The molecule has 0 aromatic heterocycles. The number of hydrogen-bond acceptors (Lipinski definition) is 2. The van der Waals surface area contributed by atoms with Gasteiger partial charge in [0.15, 0.2) is 0 Å². The predicted octanol–water partition coefficient (Wildman–Crippen LogP) is 1.62. The standard InChI is InChI=1S/C4H10S2/c1-2-4(6)3-5/h4-6H,2-3H2,1H3/t4-/m0/s1. The molecule has 0 unspecified atom stereocenters. The lowest BCUT2D eigenvalue weighted by molar-refractivity contribution is 0.926. The largest absolute Gasteiger partial charge is 0.178 e. The van der Waals surface area contributed by atoms with E-state index < -0.39 is 0 Å². The number of hydrogen-bond donors (Lipinski definition) is 2. The van der Waals surface area contributed by atoms with Gasteiger partial charge in [0.05, 0.1) is 0 Å². The lowest BCUT2D eigenvalue weighted by Gasteiger charge is -1.97. The van der Waals surface area contributed by atoms with Crippen molar-refractivity contribution in [3.8, 4) is 0 Å². The molecule has 0 saturated carbocycles. The first kappa shape index (κ1) is 6.70. The second kappa shape index (κ2) is 3.88. The molecule has 6 heavy (non-hydrogen) atoms. The first-order valence-electron chi connectivity index (χ1n) is 2.10. The van der Waals surface area contributed by atoms with E-state index in [0.717, 1.165) is 12.2 Å². The molecule has 0 heterocycles. The fraction of sp³-hybridized carbons (Fsp3) is 1.00. The minimum atomic E-state index is 0.494. The van der Waals surface area contributed by atoms with Gasteiger partial charge in [-0.3, -0.25) is 0 Å². The van der Waals surface area contributed by atoms with Crippen molar-refractivity contribution >= 4 is 25.3 Å². The molecular weight excluding hydrogens is 112 g/mol. The van der Waals surface area contributed by atoms with Crippen molar-refractivity contribution in [3.05, 3.63) is 0 Å². The Labute approximate surface area is 50.1 Å². The summed E-state index contributed by atoms with van der Waals surface area (Å²) < 4.78 is 0. The zero-order chi connectivity index (χ0) is 4.99. The molecule has 0 amide bonds. The molecule has 0 N–H and O–H groups in total. The zero-order valence-electron chi connectivity index (χ0n) is 3.89. The minimum Gasteiger partial charge on any atom is -0.178 e. The van der Waals surface area contributed by atoms with Crippen LogP contribution in [0.2, 0.25) is 0 Å². The SMILES string of the molecule is CC[C@H](S)CS. The summed E-state index contributed by atoms with van der Waals surface area (Å²) in [5.41, 5.74) is 0. The van der Waals surface area contributed by atoms with Crippen LogP contribution < -0.4 is 0 Å². The van der Waals surface area contributed by atoms with Gasteiger partial charge in [-0.2, -0.15) is 25.3 Å². The van der Waals surface area contributed by atoms with E-state index in [0.29, 0.717) is 5.25 Å². The molecule has 0 aliphatic carbocycles. The summed E-state index contributed by atoms with van der Waals surface area (Å²) in [4.78, 5) is 0. The molecule has 38 valence electrons. The van der Waals surface area contributed by atoms with Gasteiger partial charge in [-0.15, -0.1) is 0 Å². The van der Waals surface area contributed by atoms with Gasteiger partial charge in [0.2, 0.25) is 0 Å². The smallest absolute Gasteiger partial charge is 0.0102 e. The van der Waals surface area contributed by atoms with Crippen LogP contribution in [0.25, 0.3) is 0 Å². The van der Waals surface area contributed by atoms with Crippen molar-refractivity contribution in [2.45, 2.75) is 18.6 Å². The molecule has 0 nitrogen and oxygen atoms in total. The van der Waals surface area contributed by atoms with Crippen LogP contribution >= 0.6 is 25.3 Å². The van der Waals surface area contributed by atoms with E-state index >= 15 is 0 Å². The molecule has 0 aliphatic rings. The maximum Gasteiger partial charge on any atom is 0.0102 e. The van der Waals surface area contributed by atoms with Crippen molar-refractivity contribution in [2.24, 2.45) is 0 Å². The van der Waals surface area contributed by atoms with Crippen LogP contribution in [0.3, 0.4) is 0 Å². The fourth-order valence-corrected chi connectivity index (χ4v) is 0.387. The third-order valence-corrected chi connectivity index (χ3v) is 1.96. The Morgan fingerprint density at radius 1 is 1.67 bits per heavy atom. The second-order valence-corrected chi connectivity index (χ2v) is 2.34. The Hall–Kier alpha value is 0.700. The molecule has 2 heteroatoms. The van der Waals surface area contributed by atoms with Crippen molar-refractivity contribution < 1.29 is 0 Å². The Morgan fingerprint density at radius 3 is 2.17 bits per heavy atom. The van der Waals surface area contributed by atoms with Gasteiger partial charge in [0, 0.05) is 11.0 Å². The summed E-state index contributed by atoms with van der Waals surface area (Å²) in [5, 5.41) is 0.494. The normalized spacial score (nSPS) is 14.5. The highest BCUT2D eigenvalue weighted by Gasteiger charge is 1.90. The summed E-state index contributed by atoms with van der Waals surface area (Å²) in [6.45, 7) is 2.11. The zero-order valence-corrected chi connectivity index (χ0v) is 5.67. The summed E-state index contributed by atoms with van der Waals surface area (Å²) in [6, 6.07) is 0. The van der Waals surface area contributed by atoms with Crippen LogP contribution in [-0.2, 0) is 0 Å². The second-order valence-electron chi connectivity index (χ2n) is 1.24. The molecule has 0 fully saturated rings. The molecule has 0 saturated heterocycles. The molecule has 0 radical (unpaired) electrons. The first-order valence-corrected chi connectivity index (χ1v) is 3.25. The monoisotopic (exact) mass is 122 g/mol. The van der Waals surface area contributed by atoms with Crippen LogP contribution in [0, 0.1) is 0 Å². The topological polar surface area (TPSA) is 0 Å². The van der Waals surface area contributed by atoms with Gasteiger partial charge >= 0.3 is 0 Å². The van der Waals surface area contributed by atoms with Crippen molar-refractivity contribution in [2.75, 3.05) is 5.75 Å². The maximum absolute atomic E-state index is 4.15. The van der Waals surface area contributed by atoms with E-state index in [1.807, 2.05) is 0 Å². The molecule has 0 spiro atoms. The molecule has 0 aliphatic heterocycles. The van der Waals surface area contributed by atoms with E-state index in [9.17, 15) is 0 Å². The van der Waals surface area contributed by atoms with E-state index in [2.05, 4.69) is 32.2 Å². The number of rotatable bonds is 2. The van der Waals surface area contributed by atoms with Gasteiger partial charge in [0.25, 0.3) is 0 Å². The predicted molar refractivity (Wildman–Crippen MR) is 36.9 cm³/mol. The average Bonchev–Trinajstić information content (AvgIpc) is 1.65. The van der Waals surface area contributed by atoms with Crippen LogP contribution in [0.4, 0.5) is 0 Å². The fourth-order valence-electron chi connectivity index (χ4n) is 0.129. The summed E-state index contributed by atoms with van der Waals surface area (Å²) in [7, 11) is 0. The Kier molecular flexibility index (Phi) is 4.33. The first-order chi connectivity index (χ1) is 2.81. The average molecular weight is 122 g/mol. The van der Waals surface area contributed by atoms with E-state index in [1.165, 1.54) is 0 Å². The van der Waals surface area contributed by atoms with Gasteiger partial charge in [-0.05, 0) is 6.42 Å². The Morgan fingerprint density at radius 2 is 2.17 bits per heavy atom. The quantitative estimate of drug-likeness (QED) is 0.511. The lowest BCUT2D eigenvalue weighted by atomic mass is 10.4. The van der Waals surface area contributed by atoms with Crippen LogP contribution in [0.15, 0.2) is 0 Å². The highest BCUT2D eigenvalue weighted by molar-refractivity contribution is 7.84. The molecule has 1 atom stereocenters. The highest BCUT2D eigenvalue weighted by atomic mass is 32.1. The van der Waals surface area contributed by atoms with Crippen molar-refractivity contribution in [1.82, 2.24) is 0 Å². The lowest BCUT2D eigenvalue weighted by Crippen LogP contribution is -1.95. The highest BCUT2D eigenvalue weighted by Crippen LogP contribution is 2.00. The van der Waals surface area contributed by atoms with Crippen LogP contribution in [0.1, 0.15) is 13.3 Å². The summed E-state index contributed by atoms with van der Waals surface area (Å²) in [6.07, 6.45) is 1.12. The number of thiol groups is 2. The molecule has 0 aromatic rings. The maximum atomic E-state index is 4.15. The van der Waals surface area contributed by atoms with Gasteiger partial charge in [0.1, 0.15) is 0 Å². The van der Waals surface area contributed by atoms with Gasteiger partial charge in [-0.1, -0.05) is 6.92 Å².